The van der Waals surface area contributed by atoms with Crippen molar-refractivity contribution in [2.45, 2.75) is 25.7 Å². The van der Waals surface area contributed by atoms with Gasteiger partial charge in [-0.25, -0.2) is 8.42 Å². The van der Waals surface area contributed by atoms with E-state index in [-0.39, 0.29) is 17.4 Å². The molecule has 0 spiro atoms. The Hall–Kier alpha value is -3.52. The van der Waals surface area contributed by atoms with Crippen LogP contribution in [0.15, 0.2) is 65.6 Å². The highest BCUT2D eigenvalue weighted by Gasteiger charge is 2.16. The quantitative estimate of drug-likeness (QED) is 0.525. The fourth-order valence-corrected chi connectivity index (χ4v) is 4.12. The minimum absolute atomic E-state index is 0.114. The Labute approximate surface area is 188 Å². The van der Waals surface area contributed by atoms with Crippen molar-refractivity contribution in [2.75, 3.05) is 23.8 Å². The lowest BCUT2D eigenvalue weighted by Crippen LogP contribution is -2.20. The molecular formula is C24H26N2O5S. The summed E-state index contributed by atoms with van der Waals surface area (Å²) >= 11 is 0. The number of anilines is 2. The van der Waals surface area contributed by atoms with Crippen LogP contribution in [0.4, 0.5) is 11.4 Å². The van der Waals surface area contributed by atoms with E-state index in [2.05, 4.69) is 10.0 Å². The third-order valence-corrected chi connectivity index (χ3v) is 6.33. The van der Waals surface area contributed by atoms with Crippen molar-refractivity contribution in [2.24, 2.45) is 0 Å². The minimum atomic E-state index is -3.76. The van der Waals surface area contributed by atoms with E-state index >= 15 is 0 Å². The van der Waals surface area contributed by atoms with Crippen LogP contribution in [0.2, 0.25) is 0 Å². The minimum Gasteiger partial charge on any atom is -0.497 e. The van der Waals surface area contributed by atoms with E-state index < -0.39 is 10.0 Å². The van der Waals surface area contributed by atoms with Crippen LogP contribution in [0.5, 0.6) is 11.5 Å². The lowest BCUT2D eigenvalue weighted by molar-refractivity contribution is -0.118. The van der Waals surface area contributed by atoms with E-state index in [1.165, 1.54) is 12.1 Å². The molecule has 0 aliphatic heterocycles. The molecule has 0 radical (unpaired) electrons. The molecule has 0 fully saturated rings. The summed E-state index contributed by atoms with van der Waals surface area (Å²) in [6.45, 7) is 5.41. The number of rotatable bonds is 8. The number of nitrogens with one attached hydrogen (secondary N) is 2. The van der Waals surface area contributed by atoms with Gasteiger partial charge in [0.1, 0.15) is 11.5 Å². The first-order valence-electron chi connectivity index (χ1n) is 9.95. The van der Waals surface area contributed by atoms with Crippen LogP contribution in [0.3, 0.4) is 0 Å². The predicted molar refractivity (Wildman–Crippen MR) is 125 cm³/mol. The molecular weight excluding hydrogens is 428 g/mol. The number of hydrogen-bond donors (Lipinski definition) is 2. The number of ether oxygens (including phenoxy) is 2. The van der Waals surface area contributed by atoms with Gasteiger partial charge in [0.25, 0.3) is 15.9 Å². The molecule has 0 heterocycles. The van der Waals surface area contributed by atoms with Crippen LogP contribution in [-0.2, 0) is 14.8 Å². The summed E-state index contributed by atoms with van der Waals surface area (Å²) in [6.07, 6.45) is 0. The summed E-state index contributed by atoms with van der Waals surface area (Å²) in [4.78, 5) is 12.3. The van der Waals surface area contributed by atoms with Crippen molar-refractivity contribution in [1.29, 1.82) is 0 Å². The summed E-state index contributed by atoms with van der Waals surface area (Å²) in [6, 6.07) is 16.8. The fraction of sp³-hybridized carbons (Fsp3) is 0.208. The van der Waals surface area contributed by atoms with Crippen LogP contribution in [-0.4, -0.2) is 28.0 Å². The second kappa shape index (κ2) is 9.74. The Bertz CT molecular complexity index is 1220. The molecule has 1 amide bonds. The van der Waals surface area contributed by atoms with Gasteiger partial charge in [-0.2, -0.15) is 0 Å². The van der Waals surface area contributed by atoms with Gasteiger partial charge in [-0.1, -0.05) is 6.07 Å². The Morgan fingerprint density at radius 3 is 2.16 bits per heavy atom. The number of methoxy groups -OCH3 is 1. The maximum Gasteiger partial charge on any atom is 0.262 e. The first-order chi connectivity index (χ1) is 15.2. The molecule has 168 valence electrons. The second-order valence-electron chi connectivity index (χ2n) is 7.40. The van der Waals surface area contributed by atoms with Gasteiger partial charge in [0, 0.05) is 11.4 Å². The maximum atomic E-state index is 12.8. The summed E-state index contributed by atoms with van der Waals surface area (Å²) in [5.41, 5.74) is 3.81. The Kier molecular flexibility index (Phi) is 7.05. The third kappa shape index (κ3) is 5.79. The molecule has 3 aromatic rings. The van der Waals surface area contributed by atoms with Gasteiger partial charge in [0.2, 0.25) is 0 Å². The summed E-state index contributed by atoms with van der Waals surface area (Å²) in [5.74, 6) is 0.791. The molecule has 7 nitrogen and oxygen atoms in total. The molecule has 2 N–H and O–H groups in total. The topological polar surface area (TPSA) is 93.7 Å². The highest BCUT2D eigenvalue weighted by Crippen LogP contribution is 2.24. The number of aryl methyl sites for hydroxylation is 3. The second-order valence-corrected chi connectivity index (χ2v) is 9.08. The van der Waals surface area contributed by atoms with E-state index in [9.17, 15) is 13.2 Å². The van der Waals surface area contributed by atoms with Gasteiger partial charge in [-0.15, -0.1) is 0 Å². The normalized spacial score (nSPS) is 11.0. The summed E-state index contributed by atoms with van der Waals surface area (Å²) in [7, 11) is -2.19. The molecule has 8 heteroatoms. The number of benzene rings is 3. The summed E-state index contributed by atoms with van der Waals surface area (Å²) in [5, 5.41) is 2.73. The molecule has 3 aromatic carbocycles. The van der Waals surface area contributed by atoms with Gasteiger partial charge < -0.3 is 14.8 Å². The number of amides is 1. The van der Waals surface area contributed by atoms with Crippen molar-refractivity contribution >= 4 is 27.3 Å². The first-order valence-corrected chi connectivity index (χ1v) is 11.4. The van der Waals surface area contributed by atoms with Crippen LogP contribution >= 0.6 is 0 Å². The summed E-state index contributed by atoms with van der Waals surface area (Å²) < 4.78 is 38.8. The van der Waals surface area contributed by atoms with E-state index in [1.807, 2.05) is 19.9 Å². The van der Waals surface area contributed by atoms with Crippen LogP contribution in [0.25, 0.3) is 0 Å². The molecule has 0 aliphatic rings. The van der Waals surface area contributed by atoms with Gasteiger partial charge in [-0.3, -0.25) is 9.52 Å². The van der Waals surface area contributed by atoms with E-state index in [0.29, 0.717) is 28.4 Å². The van der Waals surface area contributed by atoms with Crippen molar-refractivity contribution in [1.82, 2.24) is 0 Å². The number of hydrogen-bond acceptors (Lipinski definition) is 5. The Morgan fingerprint density at radius 1 is 0.844 bits per heavy atom. The van der Waals surface area contributed by atoms with Crippen molar-refractivity contribution in [3.05, 3.63) is 77.4 Å². The molecule has 0 bridgehead atoms. The number of carbonyl (C=O) groups excluding carboxylic acids is 1. The standard InChI is InChI=1S/C24H26N2O5S/c1-16-5-6-20(13-17(16)2)26-32(28,29)22-11-12-23(18(3)14-22)31-15-24(27)25-19-7-9-21(30-4)10-8-19/h5-14,26H,15H2,1-4H3,(H,25,27). The fourth-order valence-electron chi connectivity index (χ4n) is 2.98. The molecule has 0 saturated heterocycles. The van der Waals surface area contributed by atoms with Gasteiger partial charge in [-0.05, 0) is 92.1 Å². The van der Waals surface area contributed by atoms with Crippen molar-refractivity contribution in [3.8, 4) is 11.5 Å². The average molecular weight is 455 g/mol. The smallest absolute Gasteiger partial charge is 0.262 e. The zero-order valence-electron chi connectivity index (χ0n) is 18.4. The van der Waals surface area contributed by atoms with E-state index in [0.717, 1.165) is 11.1 Å². The number of carbonyl (C=O) groups is 1. The molecule has 3 rings (SSSR count). The Balaban J connectivity index is 1.63. The van der Waals surface area contributed by atoms with E-state index in [1.54, 1.807) is 56.5 Å². The first kappa shape index (κ1) is 23.1. The van der Waals surface area contributed by atoms with Gasteiger partial charge >= 0.3 is 0 Å². The van der Waals surface area contributed by atoms with Crippen LogP contribution in [0.1, 0.15) is 16.7 Å². The molecule has 0 atom stereocenters. The lowest BCUT2D eigenvalue weighted by atomic mass is 10.1. The zero-order valence-corrected chi connectivity index (χ0v) is 19.2. The Morgan fingerprint density at radius 2 is 1.53 bits per heavy atom. The van der Waals surface area contributed by atoms with E-state index in [4.69, 9.17) is 9.47 Å². The van der Waals surface area contributed by atoms with Crippen LogP contribution in [0, 0.1) is 20.8 Å². The predicted octanol–water partition coefficient (Wildman–Crippen LogP) is 4.44. The SMILES string of the molecule is COc1ccc(NC(=O)COc2ccc(S(=O)(=O)Nc3ccc(C)c(C)c3)cc2C)cc1. The largest absolute Gasteiger partial charge is 0.497 e. The van der Waals surface area contributed by atoms with Crippen molar-refractivity contribution in [3.63, 3.8) is 0 Å². The molecule has 0 saturated carbocycles. The molecule has 0 aliphatic carbocycles. The van der Waals surface area contributed by atoms with Crippen LogP contribution < -0.4 is 19.5 Å². The van der Waals surface area contributed by atoms with Gasteiger partial charge in [0.05, 0.1) is 12.0 Å². The maximum absolute atomic E-state index is 12.8. The highest BCUT2D eigenvalue weighted by atomic mass is 32.2. The highest BCUT2D eigenvalue weighted by molar-refractivity contribution is 7.92. The molecule has 0 aromatic heterocycles. The van der Waals surface area contributed by atoms with Crippen molar-refractivity contribution < 1.29 is 22.7 Å². The lowest BCUT2D eigenvalue weighted by Gasteiger charge is -2.13. The molecule has 0 unspecified atom stereocenters. The monoisotopic (exact) mass is 454 g/mol. The van der Waals surface area contributed by atoms with Gasteiger partial charge in [0.15, 0.2) is 6.61 Å². The zero-order chi connectivity index (χ0) is 23.3. The average Bonchev–Trinajstić information content (AvgIpc) is 2.75. The third-order valence-electron chi connectivity index (χ3n) is 4.95. The number of sulfonamides is 1. The molecule has 32 heavy (non-hydrogen) atoms.